The summed E-state index contributed by atoms with van der Waals surface area (Å²) in [6, 6.07) is 3.44. The molecular formula is C14H19FN2O2S2. The van der Waals surface area contributed by atoms with E-state index in [1.807, 2.05) is 13.8 Å². The molecular weight excluding hydrogens is 311 g/mol. The highest BCUT2D eigenvalue weighted by molar-refractivity contribution is 7.89. The van der Waals surface area contributed by atoms with E-state index in [9.17, 15) is 12.8 Å². The van der Waals surface area contributed by atoms with E-state index in [4.69, 9.17) is 18.0 Å². The number of hydrogen-bond acceptors (Lipinski definition) is 3. The lowest BCUT2D eigenvalue weighted by molar-refractivity contribution is 0.204. The molecule has 21 heavy (non-hydrogen) atoms. The van der Waals surface area contributed by atoms with Gasteiger partial charge < -0.3 is 5.73 Å². The Balaban J connectivity index is 2.48. The third kappa shape index (κ3) is 3.09. The zero-order valence-electron chi connectivity index (χ0n) is 12.0. The zero-order valence-corrected chi connectivity index (χ0v) is 13.7. The number of nitrogens with zero attached hydrogens (tertiary/aromatic N) is 1. The Labute approximate surface area is 130 Å². The van der Waals surface area contributed by atoms with Crippen LogP contribution < -0.4 is 5.73 Å². The first-order valence-corrected chi connectivity index (χ1v) is 8.73. The molecule has 1 aromatic rings. The molecule has 0 radical (unpaired) electrons. The van der Waals surface area contributed by atoms with Gasteiger partial charge in [-0.2, -0.15) is 4.31 Å². The molecule has 2 N–H and O–H groups in total. The minimum Gasteiger partial charge on any atom is -0.389 e. The van der Waals surface area contributed by atoms with Crippen molar-refractivity contribution in [2.45, 2.75) is 50.1 Å². The van der Waals surface area contributed by atoms with Gasteiger partial charge in [-0.1, -0.05) is 18.6 Å². The number of rotatable bonds is 3. The molecule has 1 fully saturated rings. The average Bonchev–Trinajstić information content (AvgIpc) is 2.38. The van der Waals surface area contributed by atoms with E-state index < -0.39 is 15.8 Å². The number of sulfonamides is 1. The summed E-state index contributed by atoms with van der Waals surface area (Å²) in [5.74, 6) is -0.610. The van der Waals surface area contributed by atoms with Gasteiger partial charge in [0, 0.05) is 17.6 Å². The van der Waals surface area contributed by atoms with Crippen molar-refractivity contribution in [3.63, 3.8) is 0 Å². The first kappa shape index (κ1) is 16.3. The van der Waals surface area contributed by atoms with Gasteiger partial charge in [-0.3, -0.25) is 0 Å². The van der Waals surface area contributed by atoms with Crippen molar-refractivity contribution in [3.8, 4) is 0 Å². The molecule has 0 saturated carbocycles. The maximum atomic E-state index is 13.6. The minimum absolute atomic E-state index is 0.0345. The maximum Gasteiger partial charge on any atom is 0.243 e. The normalized spacial score (nSPS) is 24.0. The molecule has 0 spiro atoms. The lowest BCUT2D eigenvalue weighted by Crippen LogP contribution is -2.47. The van der Waals surface area contributed by atoms with Crippen LogP contribution in [0.15, 0.2) is 23.1 Å². The molecule has 0 unspecified atom stereocenters. The maximum absolute atomic E-state index is 13.6. The summed E-state index contributed by atoms with van der Waals surface area (Å²) in [5.41, 5.74) is 5.40. The summed E-state index contributed by atoms with van der Waals surface area (Å²) >= 11 is 4.76. The molecule has 0 aromatic heterocycles. The molecule has 4 nitrogen and oxygen atoms in total. The molecule has 1 aromatic carbocycles. The molecule has 1 aliphatic heterocycles. The fourth-order valence-corrected chi connectivity index (χ4v) is 4.91. The van der Waals surface area contributed by atoms with Crippen molar-refractivity contribution in [3.05, 3.63) is 29.6 Å². The highest BCUT2D eigenvalue weighted by atomic mass is 32.2. The molecule has 7 heteroatoms. The van der Waals surface area contributed by atoms with E-state index in [0.717, 1.165) is 25.3 Å². The summed E-state index contributed by atoms with van der Waals surface area (Å²) in [7, 11) is -3.68. The van der Waals surface area contributed by atoms with Crippen LogP contribution in [0, 0.1) is 5.82 Å². The van der Waals surface area contributed by atoms with Gasteiger partial charge in [0.1, 0.15) is 10.8 Å². The summed E-state index contributed by atoms with van der Waals surface area (Å²) < 4.78 is 40.8. The number of hydrogen-bond donors (Lipinski definition) is 1. The van der Waals surface area contributed by atoms with Crippen molar-refractivity contribution in [2.75, 3.05) is 0 Å². The molecule has 1 saturated heterocycles. The van der Waals surface area contributed by atoms with Gasteiger partial charge in [0.2, 0.25) is 10.0 Å². The van der Waals surface area contributed by atoms with E-state index in [2.05, 4.69) is 0 Å². The van der Waals surface area contributed by atoms with Gasteiger partial charge in [0.25, 0.3) is 0 Å². The first-order chi connectivity index (χ1) is 9.75. The second-order valence-electron chi connectivity index (χ2n) is 5.47. The molecule has 0 bridgehead atoms. The van der Waals surface area contributed by atoms with Gasteiger partial charge in [-0.05, 0) is 44.9 Å². The Hall–Kier alpha value is -1.05. The Morgan fingerprint density at radius 2 is 1.90 bits per heavy atom. The topological polar surface area (TPSA) is 63.4 Å². The monoisotopic (exact) mass is 330 g/mol. The predicted molar refractivity (Wildman–Crippen MR) is 84.1 cm³/mol. The van der Waals surface area contributed by atoms with E-state index >= 15 is 0 Å². The molecule has 0 amide bonds. The number of nitrogens with two attached hydrogens (primary N) is 1. The standard InChI is InChI=1S/C14H19FN2O2S2/c1-9-4-3-5-10(2)17(9)21(18,19)11-6-7-13(15)12(8-11)14(16)20/h6-10H,3-5H2,1-2H3,(H2,16,20)/t9-,10+. The van der Waals surface area contributed by atoms with E-state index in [-0.39, 0.29) is 27.5 Å². The van der Waals surface area contributed by atoms with Crippen LogP contribution >= 0.6 is 12.2 Å². The number of halogens is 1. The molecule has 1 aliphatic rings. The number of piperidine rings is 1. The fourth-order valence-electron chi connectivity index (χ4n) is 2.85. The Kier molecular flexibility index (Phi) is 4.65. The van der Waals surface area contributed by atoms with Crippen LogP contribution in [0.2, 0.25) is 0 Å². The Morgan fingerprint density at radius 3 is 2.43 bits per heavy atom. The second kappa shape index (κ2) is 5.98. The highest BCUT2D eigenvalue weighted by Crippen LogP contribution is 2.30. The van der Waals surface area contributed by atoms with E-state index in [1.165, 1.54) is 16.4 Å². The van der Waals surface area contributed by atoms with Gasteiger partial charge >= 0.3 is 0 Å². The van der Waals surface area contributed by atoms with Gasteiger partial charge in [-0.25, -0.2) is 12.8 Å². The van der Waals surface area contributed by atoms with Crippen LogP contribution in [-0.4, -0.2) is 29.8 Å². The summed E-state index contributed by atoms with van der Waals surface area (Å²) in [4.78, 5) is -0.114. The third-order valence-electron chi connectivity index (χ3n) is 3.89. The van der Waals surface area contributed by atoms with Crippen molar-refractivity contribution >= 4 is 27.2 Å². The van der Waals surface area contributed by atoms with Crippen LogP contribution in [0.3, 0.4) is 0 Å². The van der Waals surface area contributed by atoms with Crippen molar-refractivity contribution in [1.82, 2.24) is 4.31 Å². The SMILES string of the molecule is C[C@@H]1CCC[C@H](C)N1S(=O)(=O)c1ccc(F)c(C(N)=S)c1. The quantitative estimate of drug-likeness (QED) is 0.865. The van der Waals surface area contributed by atoms with Crippen LogP contribution in [0.1, 0.15) is 38.7 Å². The van der Waals surface area contributed by atoms with Gasteiger partial charge in [0.15, 0.2) is 0 Å². The van der Waals surface area contributed by atoms with Crippen LogP contribution in [-0.2, 0) is 10.0 Å². The second-order valence-corrected chi connectivity index (χ2v) is 7.75. The lowest BCUT2D eigenvalue weighted by Gasteiger charge is -2.37. The number of thiocarbonyl (C=S) groups is 1. The third-order valence-corrected chi connectivity index (χ3v) is 6.24. The predicted octanol–water partition coefficient (Wildman–Crippen LogP) is 2.41. The highest BCUT2D eigenvalue weighted by Gasteiger charge is 2.35. The number of benzene rings is 1. The molecule has 0 aliphatic carbocycles. The fraction of sp³-hybridized carbons (Fsp3) is 0.500. The van der Waals surface area contributed by atoms with Crippen molar-refractivity contribution in [2.24, 2.45) is 5.73 Å². The lowest BCUT2D eigenvalue weighted by atomic mass is 10.0. The van der Waals surface area contributed by atoms with Gasteiger partial charge in [-0.15, -0.1) is 0 Å². The molecule has 2 atom stereocenters. The zero-order chi connectivity index (χ0) is 15.8. The Morgan fingerprint density at radius 1 is 1.33 bits per heavy atom. The van der Waals surface area contributed by atoms with Crippen molar-refractivity contribution in [1.29, 1.82) is 0 Å². The molecule has 2 rings (SSSR count). The summed E-state index contributed by atoms with van der Waals surface area (Å²) in [5, 5.41) is 0. The van der Waals surface area contributed by atoms with Gasteiger partial charge in [0.05, 0.1) is 4.90 Å². The Bertz CT molecular complexity index is 651. The first-order valence-electron chi connectivity index (χ1n) is 6.88. The summed E-state index contributed by atoms with van der Waals surface area (Å²) in [6.45, 7) is 3.79. The summed E-state index contributed by atoms with van der Waals surface area (Å²) in [6.07, 6.45) is 2.66. The smallest absolute Gasteiger partial charge is 0.243 e. The average molecular weight is 330 g/mol. The van der Waals surface area contributed by atoms with E-state index in [1.54, 1.807) is 0 Å². The van der Waals surface area contributed by atoms with Crippen LogP contribution in [0.5, 0.6) is 0 Å². The minimum atomic E-state index is -3.68. The largest absolute Gasteiger partial charge is 0.389 e. The molecule has 116 valence electrons. The van der Waals surface area contributed by atoms with E-state index in [0.29, 0.717) is 0 Å². The van der Waals surface area contributed by atoms with Crippen LogP contribution in [0.25, 0.3) is 0 Å². The molecule has 1 heterocycles. The van der Waals surface area contributed by atoms with Crippen LogP contribution in [0.4, 0.5) is 4.39 Å². The van der Waals surface area contributed by atoms with Crippen molar-refractivity contribution < 1.29 is 12.8 Å².